The summed E-state index contributed by atoms with van der Waals surface area (Å²) in [7, 11) is 0. The van der Waals surface area contributed by atoms with Crippen LogP contribution in [0, 0.1) is 5.92 Å². The van der Waals surface area contributed by atoms with Gasteiger partial charge in [0, 0.05) is 24.0 Å². The van der Waals surface area contributed by atoms with Crippen molar-refractivity contribution >= 4 is 17.2 Å². The first kappa shape index (κ1) is 14.3. The van der Waals surface area contributed by atoms with E-state index in [1.54, 1.807) is 17.4 Å². The van der Waals surface area contributed by atoms with Gasteiger partial charge in [-0.2, -0.15) is 0 Å². The highest BCUT2D eigenvalue weighted by atomic mass is 32.1. The molecule has 0 aromatic carbocycles. The zero-order chi connectivity index (χ0) is 14.8. The Bertz CT molecular complexity index is 608. The van der Waals surface area contributed by atoms with E-state index in [0.29, 0.717) is 6.54 Å². The largest absolute Gasteiger partial charge is 0.472 e. The summed E-state index contributed by atoms with van der Waals surface area (Å²) in [6.45, 7) is 3.17. The molecule has 0 aliphatic carbocycles. The third kappa shape index (κ3) is 3.16. The van der Waals surface area contributed by atoms with Gasteiger partial charge >= 0.3 is 0 Å². The monoisotopic (exact) mass is 306 g/mol. The van der Waals surface area contributed by atoms with Crippen LogP contribution in [0.4, 0.5) is 0 Å². The molecule has 0 saturated carbocycles. The normalized spacial score (nSPS) is 22.5. The Labute approximate surface area is 127 Å². The number of amides is 1. The average molecular weight is 306 g/mol. The van der Waals surface area contributed by atoms with Crippen LogP contribution in [-0.2, 0) is 11.2 Å². The quantitative estimate of drug-likeness (QED) is 0.944. The maximum Gasteiger partial charge on any atom is 0.228 e. The van der Waals surface area contributed by atoms with Gasteiger partial charge in [-0.15, -0.1) is 11.3 Å². The first-order valence-electron chi connectivity index (χ1n) is 7.06. The topological polar surface area (TPSA) is 66.6 Å². The van der Waals surface area contributed by atoms with Crippen LogP contribution < -0.4 is 0 Å². The number of aliphatic hydroxyl groups is 1. The zero-order valence-corrected chi connectivity index (χ0v) is 12.7. The van der Waals surface area contributed by atoms with Crippen molar-refractivity contribution < 1.29 is 14.3 Å². The first-order chi connectivity index (χ1) is 10.1. The highest BCUT2D eigenvalue weighted by molar-refractivity contribution is 7.13. The minimum atomic E-state index is -0.417. The van der Waals surface area contributed by atoms with Gasteiger partial charge in [-0.25, -0.2) is 4.98 Å². The fourth-order valence-corrected chi connectivity index (χ4v) is 3.25. The van der Waals surface area contributed by atoms with Gasteiger partial charge < -0.3 is 14.4 Å². The van der Waals surface area contributed by atoms with Crippen LogP contribution in [0.3, 0.4) is 0 Å². The number of hydrogen-bond donors (Lipinski definition) is 1. The van der Waals surface area contributed by atoms with Crippen LogP contribution in [0.1, 0.15) is 19.0 Å². The van der Waals surface area contributed by atoms with Crippen molar-refractivity contribution in [1.29, 1.82) is 0 Å². The maximum atomic E-state index is 12.3. The van der Waals surface area contributed by atoms with Gasteiger partial charge in [0.05, 0.1) is 24.5 Å². The predicted octanol–water partition coefficient (Wildman–Crippen LogP) is 2.17. The van der Waals surface area contributed by atoms with E-state index in [2.05, 4.69) is 4.98 Å². The summed E-state index contributed by atoms with van der Waals surface area (Å²) >= 11 is 1.51. The van der Waals surface area contributed by atoms with E-state index in [4.69, 9.17) is 4.42 Å². The van der Waals surface area contributed by atoms with Crippen molar-refractivity contribution in [2.75, 3.05) is 13.1 Å². The van der Waals surface area contributed by atoms with Gasteiger partial charge in [0.15, 0.2) is 0 Å². The lowest BCUT2D eigenvalue weighted by molar-refractivity contribution is -0.134. The Morgan fingerprint density at radius 2 is 2.48 bits per heavy atom. The minimum absolute atomic E-state index is 0.0324. The van der Waals surface area contributed by atoms with Gasteiger partial charge in [0.25, 0.3) is 0 Å². The number of aromatic nitrogens is 1. The molecule has 2 atom stereocenters. The van der Waals surface area contributed by atoms with Crippen LogP contribution in [0.5, 0.6) is 0 Å². The second-order valence-electron chi connectivity index (χ2n) is 5.51. The Hall–Kier alpha value is -1.66. The summed E-state index contributed by atoms with van der Waals surface area (Å²) < 4.78 is 5.04. The zero-order valence-electron chi connectivity index (χ0n) is 11.9. The van der Waals surface area contributed by atoms with E-state index >= 15 is 0 Å². The number of carbonyl (C=O) groups is 1. The van der Waals surface area contributed by atoms with E-state index in [1.165, 1.54) is 11.3 Å². The van der Waals surface area contributed by atoms with E-state index in [0.717, 1.165) is 29.2 Å². The van der Waals surface area contributed by atoms with Gasteiger partial charge in [-0.1, -0.05) is 6.92 Å². The number of piperidine rings is 1. The standard InChI is InChI=1S/C15H18N2O3S/c1-10-2-4-17(7-13(10)18)14(19)6-12-9-21-15(16-12)11-3-5-20-8-11/h3,5,8-10,13,18H,2,4,6-7H2,1H3. The molecule has 1 fully saturated rings. The Balaban J connectivity index is 1.63. The van der Waals surface area contributed by atoms with Crippen LogP contribution >= 0.6 is 11.3 Å². The van der Waals surface area contributed by atoms with Crippen molar-refractivity contribution in [2.24, 2.45) is 5.92 Å². The third-order valence-electron chi connectivity index (χ3n) is 3.92. The van der Waals surface area contributed by atoms with Gasteiger partial charge in [0.1, 0.15) is 11.3 Å². The van der Waals surface area contributed by atoms with E-state index in [9.17, 15) is 9.90 Å². The molecular weight excluding hydrogens is 288 g/mol. The molecule has 0 radical (unpaired) electrons. The molecule has 0 bridgehead atoms. The van der Waals surface area contributed by atoms with Crippen molar-refractivity contribution in [2.45, 2.75) is 25.9 Å². The molecule has 3 heterocycles. The molecule has 112 valence electrons. The number of furan rings is 1. The fourth-order valence-electron chi connectivity index (χ4n) is 2.45. The molecule has 2 aromatic rings. The van der Waals surface area contributed by atoms with Crippen LogP contribution in [-0.4, -0.2) is 40.1 Å². The average Bonchev–Trinajstić information content (AvgIpc) is 3.12. The summed E-state index contributed by atoms with van der Waals surface area (Å²) in [5, 5.41) is 12.6. The number of β-amino-alcohol motifs (C(OH)–C–C–N with tert-alkyl or cyclic N) is 1. The summed E-state index contributed by atoms with van der Waals surface area (Å²) in [6, 6.07) is 1.85. The van der Waals surface area contributed by atoms with Gasteiger partial charge in [-0.05, 0) is 18.4 Å². The molecule has 3 rings (SSSR count). The summed E-state index contributed by atoms with van der Waals surface area (Å²) in [5.74, 6) is 0.297. The number of likely N-dealkylation sites (tertiary alicyclic amines) is 1. The molecule has 1 amide bonds. The van der Waals surface area contributed by atoms with Crippen LogP contribution in [0.25, 0.3) is 10.6 Å². The second-order valence-corrected chi connectivity index (χ2v) is 6.36. The number of rotatable bonds is 3. The van der Waals surface area contributed by atoms with Gasteiger partial charge in [-0.3, -0.25) is 4.79 Å². The van der Waals surface area contributed by atoms with Crippen LogP contribution in [0.15, 0.2) is 28.4 Å². The third-order valence-corrected chi connectivity index (χ3v) is 4.86. The highest BCUT2D eigenvalue weighted by Crippen LogP contribution is 2.24. The van der Waals surface area contributed by atoms with Gasteiger partial charge in [0.2, 0.25) is 5.91 Å². The van der Waals surface area contributed by atoms with E-state index in [1.807, 2.05) is 18.4 Å². The molecule has 21 heavy (non-hydrogen) atoms. The van der Waals surface area contributed by atoms with Crippen molar-refractivity contribution in [3.05, 3.63) is 29.7 Å². The van der Waals surface area contributed by atoms with Crippen LogP contribution in [0.2, 0.25) is 0 Å². The molecule has 1 aliphatic heterocycles. The first-order valence-corrected chi connectivity index (χ1v) is 7.94. The smallest absolute Gasteiger partial charge is 0.228 e. The Morgan fingerprint density at radius 1 is 1.62 bits per heavy atom. The number of carbonyl (C=O) groups excluding carboxylic acids is 1. The second kappa shape index (κ2) is 5.99. The summed E-state index contributed by atoms with van der Waals surface area (Å²) in [6.07, 6.45) is 3.98. The SMILES string of the molecule is CC1CCN(C(=O)Cc2csc(-c3ccoc3)n2)CC1O. The number of thiazole rings is 1. The minimum Gasteiger partial charge on any atom is -0.472 e. The number of aliphatic hydroxyl groups excluding tert-OH is 1. The Kier molecular flexibility index (Phi) is 4.07. The van der Waals surface area contributed by atoms with Crippen molar-refractivity contribution in [3.63, 3.8) is 0 Å². The molecule has 2 aromatic heterocycles. The molecule has 6 heteroatoms. The molecule has 0 spiro atoms. The van der Waals surface area contributed by atoms with E-state index in [-0.39, 0.29) is 18.2 Å². The lowest BCUT2D eigenvalue weighted by atomic mass is 9.96. The number of hydrogen-bond acceptors (Lipinski definition) is 5. The lowest BCUT2D eigenvalue weighted by Gasteiger charge is -2.34. The maximum absolute atomic E-state index is 12.3. The highest BCUT2D eigenvalue weighted by Gasteiger charge is 2.27. The molecule has 2 unspecified atom stereocenters. The van der Waals surface area contributed by atoms with E-state index < -0.39 is 6.10 Å². The Morgan fingerprint density at radius 3 is 3.19 bits per heavy atom. The number of nitrogens with zero attached hydrogens (tertiary/aromatic N) is 2. The summed E-state index contributed by atoms with van der Waals surface area (Å²) in [4.78, 5) is 18.5. The fraction of sp³-hybridized carbons (Fsp3) is 0.467. The molecular formula is C15H18N2O3S. The van der Waals surface area contributed by atoms with Crippen molar-refractivity contribution in [3.8, 4) is 10.6 Å². The molecule has 1 N–H and O–H groups in total. The molecule has 1 aliphatic rings. The molecule has 5 nitrogen and oxygen atoms in total. The van der Waals surface area contributed by atoms with Crippen molar-refractivity contribution in [1.82, 2.24) is 9.88 Å². The lowest BCUT2D eigenvalue weighted by Crippen LogP contribution is -2.46. The summed E-state index contributed by atoms with van der Waals surface area (Å²) in [5.41, 5.74) is 1.70. The predicted molar refractivity (Wildman–Crippen MR) is 79.9 cm³/mol. The molecule has 1 saturated heterocycles.